The molecule has 0 spiro atoms. The van der Waals surface area contributed by atoms with Gasteiger partial charge in [0.1, 0.15) is 6.04 Å². The maximum Gasteiger partial charge on any atom is 0.328 e. The molecule has 0 saturated heterocycles. The minimum Gasteiger partial charge on any atom is -0.467 e. The van der Waals surface area contributed by atoms with Gasteiger partial charge in [-0.25, -0.2) is 9.59 Å². The molecule has 0 radical (unpaired) electrons. The van der Waals surface area contributed by atoms with Crippen LogP contribution in [-0.2, 0) is 9.53 Å². The van der Waals surface area contributed by atoms with Crippen molar-refractivity contribution in [3.05, 3.63) is 35.9 Å². The predicted molar refractivity (Wildman–Crippen MR) is 81.8 cm³/mol. The van der Waals surface area contributed by atoms with Crippen molar-refractivity contribution in [2.75, 3.05) is 7.11 Å². The van der Waals surface area contributed by atoms with Crippen molar-refractivity contribution in [2.24, 2.45) is 5.92 Å². The number of carbonyl (C=O) groups excluding carboxylic acids is 2. The third kappa shape index (κ3) is 5.10. The number of urea groups is 1. The summed E-state index contributed by atoms with van der Waals surface area (Å²) < 4.78 is 4.74. The molecule has 0 heterocycles. The molecule has 0 bridgehead atoms. The van der Waals surface area contributed by atoms with E-state index < -0.39 is 12.0 Å². The second-order valence-electron chi connectivity index (χ2n) is 5.14. The van der Waals surface area contributed by atoms with E-state index in [9.17, 15) is 9.59 Å². The topological polar surface area (TPSA) is 67.4 Å². The summed E-state index contributed by atoms with van der Waals surface area (Å²) >= 11 is 0. The fourth-order valence-corrected chi connectivity index (χ4v) is 2.00. The number of hydrogen-bond donors (Lipinski definition) is 2. The zero-order chi connectivity index (χ0) is 15.8. The second kappa shape index (κ2) is 8.29. The van der Waals surface area contributed by atoms with E-state index in [1.165, 1.54) is 7.11 Å². The first-order valence-electron chi connectivity index (χ1n) is 7.19. The van der Waals surface area contributed by atoms with E-state index in [0.29, 0.717) is 0 Å². The lowest BCUT2D eigenvalue weighted by Gasteiger charge is -2.23. The normalized spacial score (nSPS) is 14.7. The van der Waals surface area contributed by atoms with Crippen LogP contribution in [-0.4, -0.2) is 25.2 Å². The number of rotatable bonds is 6. The minimum absolute atomic E-state index is 0.00947. The van der Waals surface area contributed by atoms with Crippen LogP contribution in [0.5, 0.6) is 0 Å². The Hall–Kier alpha value is -2.04. The molecule has 1 aromatic carbocycles. The molecule has 0 aliphatic rings. The Morgan fingerprint density at radius 1 is 1.14 bits per heavy atom. The lowest BCUT2D eigenvalue weighted by Crippen LogP contribution is -2.50. The zero-order valence-electron chi connectivity index (χ0n) is 13.1. The van der Waals surface area contributed by atoms with Crippen molar-refractivity contribution in [1.82, 2.24) is 10.6 Å². The summed E-state index contributed by atoms with van der Waals surface area (Å²) in [7, 11) is 1.32. The summed E-state index contributed by atoms with van der Waals surface area (Å²) in [5, 5.41) is 5.52. The third-order valence-corrected chi connectivity index (χ3v) is 3.60. The van der Waals surface area contributed by atoms with Crippen LogP contribution >= 0.6 is 0 Å². The smallest absolute Gasteiger partial charge is 0.328 e. The highest BCUT2D eigenvalue weighted by Crippen LogP contribution is 2.12. The largest absolute Gasteiger partial charge is 0.467 e. The monoisotopic (exact) mass is 292 g/mol. The minimum atomic E-state index is -0.636. The van der Waals surface area contributed by atoms with Gasteiger partial charge in [-0.15, -0.1) is 0 Å². The van der Waals surface area contributed by atoms with E-state index in [0.717, 1.165) is 12.0 Å². The fourth-order valence-electron chi connectivity index (χ4n) is 2.00. The van der Waals surface area contributed by atoms with Crippen LogP contribution in [0.2, 0.25) is 0 Å². The highest BCUT2D eigenvalue weighted by molar-refractivity contribution is 5.83. The van der Waals surface area contributed by atoms with Gasteiger partial charge in [0.25, 0.3) is 0 Å². The van der Waals surface area contributed by atoms with Crippen molar-refractivity contribution in [2.45, 2.75) is 39.3 Å². The van der Waals surface area contributed by atoms with E-state index >= 15 is 0 Å². The number of hydrogen-bond acceptors (Lipinski definition) is 3. The summed E-state index contributed by atoms with van der Waals surface area (Å²) in [5.74, 6) is -0.415. The Kier molecular flexibility index (Phi) is 6.72. The highest BCUT2D eigenvalue weighted by Gasteiger charge is 2.27. The Bertz CT molecular complexity index is 462. The summed E-state index contributed by atoms with van der Waals surface area (Å²) in [5.41, 5.74) is 1.01. The number of nitrogens with one attached hydrogen (secondary N) is 2. The number of esters is 1. The highest BCUT2D eigenvalue weighted by atomic mass is 16.5. The van der Waals surface area contributed by atoms with E-state index in [2.05, 4.69) is 10.6 Å². The quantitative estimate of drug-likeness (QED) is 0.792. The van der Waals surface area contributed by atoms with Crippen LogP contribution in [0.1, 0.15) is 38.8 Å². The molecular weight excluding hydrogens is 268 g/mol. The van der Waals surface area contributed by atoms with Crippen LogP contribution in [0.15, 0.2) is 30.3 Å². The molecule has 21 heavy (non-hydrogen) atoms. The number of ether oxygens (including phenoxy) is 1. The molecule has 0 saturated carbocycles. The van der Waals surface area contributed by atoms with Gasteiger partial charge in [0.15, 0.2) is 0 Å². The molecule has 5 nitrogen and oxygen atoms in total. The van der Waals surface area contributed by atoms with Gasteiger partial charge in [-0.3, -0.25) is 0 Å². The predicted octanol–water partition coefficient (Wildman–Crippen LogP) is 2.63. The van der Waals surface area contributed by atoms with Gasteiger partial charge >= 0.3 is 12.0 Å². The molecule has 0 fully saturated rings. The lowest BCUT2D eigenvalue weighted by molar-refractivity contribution is -0.144. The molecule has 0 aromatic heterocycles. The Morgan fingerprint density at radius 3 is 2.29 bits per heavy atom. The van der Waals surface area contributed by atoms with Crippen molar-refractivity contribution >= 4 is 12.0 Å². The van der Waals surface area contributed by atoms with Gasteiger partial charge < -0.3 is 15.4 Å². The van der Waals surface area contributed by atoms with E-state index in [-0.39, 0.29) is 18.0 Å². The summed E-state index contributed by atoms with van der Waals surface area (Å²) in [6, 6.07) is 8.50. The molecular formula is C16H24N2O3. The fraction of sp³-hybridized carbons (Fsp3) is 0.500. The molecule has 5 heteroatoms. The molecule has 1 aromatic rings. The molecule has 2 N–H and O–H groups in total. The summed E-state index contributed by atoms with van der Waals surface area (Å²) in [6.45, 7) is 5.76. The first-order chi connectivity index (χ1) is 9.99. The van der Waals surface area contributed by atoms with Gasteiger partial charge in [-0.1, -0.05) is 50.6 Å². The van der Waals surface area contributed by atoms with Crippen molar-refractivity contribution < 1.29 is 14.3 Å². The van der Waals surface area contributed by atoms with Crippen molar-refractivity contribution in [3.8, 4) is 0 Å². The molecule has 0 unspecified atom stereocenters. The number of benzene rings is 1. The van der Waals surface area contributed by atoms with Gasteiger partial charge in [0.2, 0.25) is 0 Å². The van der Waals surface area contributed by atoms with Crippen molar-refractivity contribution in [1.29, 1.82) is 0 Å². The number of methoxy groups -OCH3 is 1. The Morgan fingerprint density at radius 2 is 1.76 bits per heavy atom. The molecule has 3 atom stereocenters. The Labute approximate surface area is 126 Å². The molecule has 0 aliphatic heterocycles. The van der Waals surface area contributed by atoms with E-state index in [1.54, 1.807) is 0 Å². The Balaban J connectivity index is 2.64. The average molecular weight is 292 g/mol. The first-order valence-corrected chi connectivity index (χ1v) is 7.19. The number of amides is 2. The first kappa shape index (κ1) is 17.0. The number of carbonyl (C=O) groups is 2. The van der Waals surface area contributed by atoms with Crippen LogP contribution in [0.3, 0.4) is 0 Å². The van der Waals surface area contributed by atoms with E-state index in [1.807, 2.05) is 51.1 Å². The van der Waals surface area contributed by atoms with Crippen molar-refractivity contribution in [3.63, 3.8) is 0 Å². The van der Waals surface area contributed by atoms with Gasteiger partial charge in [-0.2, -0.15) is 0 Å². The van der Waals surface area contributed by atoms with Gasteiger partial charge in [0, 0.05) is 0 Å². The second-order valence-corrected chi connectivity index (χ2v) is 5.14. The average Bonchev–Trinajstić information content (AvgIpc) is 2.51. The zero-order valence-corrected chi connectivity index (χ0v) is 13.1. The molecule has 0 aliphatic carbocycles. The lowest BCUT2D eigenvalue weighted by atomic mass is 9.99. The van der Waals surface area contributed by atoms with Gasteiger partial charge in [-0.05, 0) is 18.4 Å². The summed E-state index contributed by atoms with van der Waals surface area (Å²) in [6.07, 6.45) is 0.772. The maximum absolute atomic E-state index is 12.0. The van der Waals surface area contributed by atoms with Gasteiger partial charge in [0.05, 0.1) is 13.2 Å². The van der Waals surface area contributed by atoms with Crippen LogP contribution in [0.25, 0.3) is 0 Å². The SMILES string of the molecule is CC[C@@H](C)[C@H](NC(=O)N[C@@H](C)c1ccccc1)C(=O)OC. The molecule has 1 rings (SSSR count). The standard InChI is InChI=1S/C16H24N2O3/c1-5-11(2)14(15(19)21-4)18-16(20)17-12(3)13-9-7-6-8-10-13/h6-12,14H,5H2,1-4H3,(H2,17,18,20)/t11-,12+,14+/m1/s1. The maximum atomic E-state index is 12.0. The summed E-state index contributed by atoms with van der Waals surface area (Å²) in [4.78, 5) is 23.8. The van der Waals surface area contributed by atoms with E-state index in [4.69, 9.17) is 4.74 Å². The van der Waals surface area contributed by atoms with Crippen LogP contribution in [0, 0.1) is 5.92 Å². The molecule has 2 amide bonds. The van der Waals surface area contributed by atoms with Crippen LogP contribution < -0.4 is 10.6 Å². The molecule has 116 valence electrons. The van der Waals surface area contributed by atoms with Crippen LogP contribution in [0.4, 0.5) is 4.79 Å². The third-order valence-electron chi connectivity index (χ3n) is 3.60.